The van der Waals surface area contributed by atoms with Gasteiger partial charge in [0, 0.05) is 25.7 Å². The average molecular weight is 201 g/mol. The van der Waals surface area contributed by atoms with E-state index in [1.54, 1.807) is 7.05 Å². The Morgan fingerprint density at radius 3 is 2.69 bits per heavy atom. The van der Waals surface area contributed by atoms with Gasteiger partial charge in [-0.3, -0.25) is 4.99 Å². The van der Waals surface area contributed by atoms with Gasteiger partial charge in [0.2, 0.25) is 0 Å². The molecule has 0 radical (unpaired) electrons. The predicted molar refractivity (Wildman–Crippen MR) is 61.5 cm³/mol. The Morgan fingerprint density at radius 1 is 1.38 bits per heavy atom. The first kappa shape index (κ1) is 12.4. The summed E-state index contributed by atoms with van der Waals surface area (Å²) in [5.41, 5.74) is 1.09. The van der Waals surface area contributed by atoms with E-state index in [1.807, 2.05) is 19.4 Å². The highest BCUT2D eigenvalue weighted by molar-refractivity contribution is 6.21. The molecule has 0 amide bonds. The van der Waals surface area contributed by atoms with E-state index in [2.05, 4.69) is 16.1 Å². The SMILES string of the molecule is CC/N=C/C(=C/CC/C=N\C)CCl. The topological polar surface area (TPSA) is 24.7 Å². The molecule has 0 aromatic carbocycles. The van der Waals surface area contributed by atoms with Gasteiger partial charge in [0.05, 0.1) is 0 Å². The molecule has 0 fully saturated rings. The van der Waals surface area contributed by atoms with Gasteiger partial charge in [-0.2, -0.15) is 0 Å². The molecule has 0 aromatic heterocycles. The van der Waals surface area contributed by atoms with Crippen molar-refractivity contribution in [2.75, 3.05) is 19.5 Å². The molecule has 2 nitrogen and oxygen atoms in total. The summed E-state index contributed by atoms with van der Waals surface area (Å²) in [6.45, 7) is 2.82. The van der Waals surface area contributed by atoms with Gasteiger partial charge in [-0.15, -0.1) is 11.6 Å². The fourth-order valence-corrected chi connectivity index (χ4v) is 1.00. The molecule has 0 N–H and O–H groups in total. The number of alkyl halides is 1. The number of unbranched alkanes of at least 4 members (excludes halogenated alkanes) is 1. The van der Waals surface area contributed by atoms with E-state index >= 15 is 0 Å². The molecule has 0 saturated heterocycles. The maximum atomic E-state index is 5.72. The second kappa shape index (κ2) is 9.46. The van der Waals surface area contributed by atoms with E-state index in [0.29, 0.717) is 5.88 Å². The minimum absolute atomic E-state index is 0.534. The summed E-state index contributed by atoms with van der Waals surface area (Å²) in [5, 5.41) is 0. The van der Waals surface area contributed by atoms with Crippen LogP contribution in [0.5, 0.6) is 0 Å². The van der Waals surface area contributed by atoms with Crippen molar-refractivity contribution in [2.45, 2.75) is 19.8 Å². The van der Waals surface area contributed by atoms with Gasteiger partial charge in [-0.25, -0.2) is 0 Å². The van der Waals surface area contributed by atoms with E-state index in [-0.39, 0.29) is 0 Å². The molecule has 0 spiro atoms. The largest absolute Gasteiger partial charge is 0.301 e. The lowest BCUT2D eigenvalue weighted by atomic mass is 10.2. The van der Waals surface area contributed by atoms with Crippen molar-refractivity contribution in [3.05, 3.63) is 11.6 Å². The lowest BCUT2D eigenvalue weighted by Gasteiger charge is -1.94. The van der Waals surface area contributed by atoms with Crippen LogP contribution >= 0.6 is 11.6 Å². The van der Waals surface area contributed by atoms with Crippen molar-refractivity contribution in [1.82, 2.24) is 0 Å². The van der Waals surface area contributed by atoms with Crippen LogP contribution in [0.25, 0.3) is 0 Å². The number of hydrogen-bond donors (Lipinski definition) is 0. The number of halogens is 1. The Kier molecular flexibility index (Phi) is 9.00. The molecule has 0 aliphatic carbocycles. The Balaban J connectivity index is 3.84. The van der Waals surface area contributed by atoms with Gasteiger partial charge in [-0.1, -0.05) is 6.08 Å². The van der Waals surface area contributed by atoms with Crippen molar-refractivity contribution in [3.63, 3.8) is 0 Å². The third-order valence-electron chi connectivity index (χ3n) is 1.48. The Hall–Kier alpha value is -0.630. The molecule has 0 aliphatic heterocycles. The van der Waals surface area contributed by atoms with Crippen molar-refractivity contribution < 1.29 is 0 Å². The number of hydrogen-bond acceptors (Lipinski definition) is 2. The van der Waals surface area contributed by atoms with E-state index in [0.717, 1.165) is 25.0 Å². The Morgan fingerprint density at radius 2 is 2.15 bits per heavy atom. The first-order valence-corrected chi connectivity index (χ1v) is 5.04. The highest BCUT2D eigenvalue weighted by Gasteiger charge is 1.88. The van der Waals surface area contributed by atoms with Crippen LogP contribution < -0.4 is 0 Å². The van der Waals surface area contributed by atoms with Crippen LogP contribution in [0.2, 0.25) is 0 Å². The molecule has 0 bridgehead atoms. The van der Waals surface area contributed by atoms with Gasteiger partial charge in [0.1, 0.15) is 0 Å². The summed E-state index contributed by atoms with van der Waals surface area (Å²) in [6, 6.07) is 0. The average Bonchev–Trinajstić information content (AvgIpc) is 2.17. The van der Waals surface area contributed by atoms with E-state index in [9.17, 15) is 0 Å². The van der Waals surface area contributed by atoms with Crippen LogP contribution in [0, 0.1) is 0 Å². The van der Waals surface area contributed by atoms with Gasteiger partial charge in [-0.05, 0) is 31.6 Å². The molecule has 3 heteroatoms. The second-order valence-corrected chi connectivity index (χ2v) is 2.83. The fraction of sp³-hybridized carbons (Fsp3) is 0.600. The van der Waals surface area contributed by atoms with Gasteiger partial charge in [0.15, 0.2) is 0 Å². The van der Waals surface area contributed by atoms with Crippen molar-refractivity contribution in [2.24, 2.45) is 9.98 Å². The minimum atomic E-state index is 0.534. The maximum absolute atomic E-state index is 5.72. The quantitative estimate of drug-likeness (QED) is 0.358. The summed E-state index contributed by atoms with van der Waals surface area (Å²) in [7, 11) is 1.78. The monoisotopic (exact) mass is 200 g/mol. The van der Waals surface area contributed by atoms with E-state index in [4.69, 9.17) is 11.6 Å². The second-order valence-electron chi connectivity index (χ2n) is 2.56. The molecule has 0 aromatic rings. The number of nitrogens with zero attached hydrogens (tertiary/aromatic N) is 2. The van der Waals surface area contributed by atoms with Crippen LogP contribution in [-0.2, 0) is 0 Å². The van der Waals surface area contributed by atoms with Crippen molar-refractivity contribution in [3.8, 4) is 0 Å². The highest BCUT2D eigenvalue weighted by atomic mass is 35.5. The lowest BCUT2D eigenvalue weighted by molar-refractivity contribution is 1.10. The Labute approximate surface area is 85.4 Å². The molecular weight excluding hydrogens is 184 g/mol. The molecule has 0 heterocycles. The minimum Gasteiger partial charge on any atom is -0.301 e. The zero-order chi connectivity index (χ0) is 9.94. The first-order valence-electron chi connectivity index (χ1n) is 4.50. The van der Waals surface area contributed by atoms with Crippen molar-refractivity contribution >= 4 is 24.0 Å². The molecule has 0 rings (SSSR count). The summed E-state index contributed by atoms with van der Waals surface area (Å²) >= 11 is 5.72. The van der Waals surface area contributed by atoms with Gasteiger partial charge >= 0.3 is 0 Å². The summed E-state index contributed by atoms with van der Waals surface area (Å²) in [6.07, 6.45) is 7.80. The molecule has 0 unspecified atom stereocenters. The van der Waals surface area contributed by atoms with Crippen LogP contribution in [0.4, 0.5) is 0 Å². The van der Waals surface area contributed by atoms with Gasteiger partial charge < -0.3 is 4.99 Å². The van der Waals surface area contributed by atoms with Crippen LogP contribution in [0.3, 0.4) is 0 Å². The zero-order valence-electron chi connectivity index (χ0n) is 8.33. The number of rotatable bonds is 6. The lowest BCUT2D eigenvalue weighted by Crippen LogP contribution is -1.88. The normalized spacial score (nSPS) is 13.3. The third kappa shape index (κ3) is 7.72. The smallest absolute Gasteiger partial charge is 0.0485 e. The standard InChI is InChI=1S/C10H17ClN2/c1-3-13-9-10(8-11)6-4-5-7-12-2/h6-7,9H,3-5,8H2,1-2H3/b10-6+,12-7-,13-9+. The third-order valence-corrected chi connectivity index (χ3v) is 1.79. The molecular formula is C10H17ClN2. The van der Waals surface area contributed by atoms with Crippen LogP contribution in [-0.4, -0.2) is 31.9 Å². The van der Waals surface area contributed by atoms with Crippen LogP contribution in [0.15, 0.2) is 21.6 Å². The predicted octanol–water partition coefficient (Wildman–Crippen LogP) is 2.72. The fourth-order valence-electron chi connectivity index (χ4n) is 0.823. The summed E-state index contributed by atoms with van der Waals surface area (Å²) < 4.78 is 0. The molecule has 0 aliphatic rings. The molecule has 74 valence electrons. The van der Waals surface area contributed by atoms with E-state index < -0.39 is 0 Å². The zero-order valence-corrected chi connectivity index (χ0v) is 9.09. The molecule has 0 atom stereocenters. The summed E-state index contributed by atoms with van der Waals surface area (Å²) in [4.78, 5) is 8.03. The van der Waals surface area contributed by atoms with Crippen LogP contribution in [0.1, 0.15) is 19.8 Å². The van der Waals surface area contributed by atoms with E-state index in [1.165, 1.54) is 0 Å². The molecule has 13 heavy (non-hydrogen) atoms. The number of aliphatic imine (C=N–C) groups is 2. The first-order chi connectivity index (χ1) is 6.35. The maximum Gasteiger partial charge on any atom is 0.0485 e. The molecule has 0 saturated carbocycles. The highest BCUT2D eigenvalue weighted by Crippen LogP contribution is 1.98. The Bertz CT molecular complexity index is 195. The summed E-state index contributed by atoms with van der Waals surface area (Å²) in [5.74, 6) is 0.534. The van der Waals surface area contributed by atoms with Crippen molar-refractivity contribution in [1.29, 1.82) is 0 Å². The number of allylic oxidation sites excluding steroid dienone is 2. The van der Waals surface area contributed by atoms with Gasteiger partial charge in [0.25, 0.3) is 0 Å².